The van der Waals surface area contributed by atoms with Crippen LogP contribution in [-0.4, -0.2) is 19.4 Å². The largest absolute Gasteiger partial charge is 0.154 e. The van der Waals surface area contributed by atoms with Crippen molar-refractivity contribution in [2.45, 2.75) is 67.0 Å². The van der Waals surface area contributed by atoms with E-state index in [1.807, 2.05) is 13.8 Å². The van der Waals surface area contributed by atoms with Crippen molar-refractivity contribution in [2.75, 3.05) is 0 Å². The fourth-order valence-electron chi connectivity index (χ4n) is 4.73. The van der Waals surface area contributed by atoms with E-state index >= 15 is 0 Å². The molecule has 0 aliphatic carbocycles. The zero-order valence-corrected chi connectivity index (χ0v) is 28.5. The van der Waals surface area contributed by atoms with Gasteiger partial charge in [0.2, 0.25) is 0 Å². The Labute approximate surface area is 224 Å². The molecule has 0 aromatic heterocycles. The van der Waals surface area contributed by atoms with E-state index in [2.05, 4.69) is 114 Å². The summed E-state index contributed by atoms with van der Waals surface area (Å²) in [6, 6.07) is 22.1. The van der Waals surface area contributed by atoms with Gasteiger partial charge in [0.25, 0.3) is 0 Å². The fraction of sp³-hybridized carbons (Fsp3) is 0.345. The molecule has 0 spiro atoms. The predicted molar refractivity (Wildman–Crippen MR) is 163 cm³/mol. The van der Waals surface area contributed by atoms with Gasteiger partial charge in [0, 0.05) is 16.1 Å². The van der Waals surface area contributed by atoms with Crippen LogP contribution < -0.4 is 10.4 Å². The Kier molecular flexibility index (Phi) is 10.6. The van der Waals surface area contributed by atoms with Gasteiger partial charge in [-0.1, -0.05) is 65.3 Å². The van der Waals surface area contributed by atoms with Crippen LogP contribution in [0.15, 0.2) is 60.7 Å². The molecule has 0 radical (unpaired) electrons. The zero-order chi connectivity index (χ0) is 25.8. The molecule has 0 aliphatic heterocycles. The van der Waals surface area contributed by atoms with Crippen LogP contribution in [0.2, 0.25) is 39.3 Å². The van der Waals surface area contributed by atoms with E-state index in [-0.39, 0.29) is 0 Å². The number of aryl methyl sites for hydroxylation is 2. The van der Waals surface area contributed by atoms with Gasteiger partial charge in [-0.05, 0) is 0 Å². The van der Waals surface area contributed by atoms with Gasteiger partial charge < -0.3 is 0 Å². The summed E-state index contributed by atoms with van der Waals surface area (Å²) in [6.07, 6.45) is 0. The molecule has 0 amide bonds. The Morgan fingerprint density at radius 1 is 0.647 bits per heavy atom. The van der Waals surface area contributed by atoms with Crippen LogP contribution in [0.25, 0.3) is 21.5 Å². The van der Waals surface area contributed by atoms with Gasteiger partial charge in [0.05, 0.1) is 0 Å². The molecule has 0 fully saturated rings. The Balaban J connectivity index is 0.000000196. The zero-order valence-electron chi connectivity index (χ0n) is 22.5. The van der Waals surface area contributed by atoms with E-state index in [1.54, 1.807) is 10.4 Å². The molecule has 34 heavy (non-hydrogen) atoms. The predicted octanol–water partition coefficient (Wildman–Crippen LogP) is 8.95. The topological polar surface area (TPSA) is 0 Å². The molecule has 0 aliphatic rings. The molecule has 0 bridgehead atoms. The van der Waals surface area contributed by atoms with Crippen LogP contribution >= 0.6 is 17.0 Å². The van der Waals surface area contributed by atoms with E-state index in [9.17, 15) is 0 Å². The summed E-state index contributed by atoms with van der Waals surface area (Å²) in [5.41, 5.74) is 2.95. The molecular formula is C29H40Cl2Si2Zr-2. The molecule has 0 atom stereocenters. The summed E-state index contributed by atoms with van der Waals surface area (Å²) >= 11 is -1.84. The third-order valence-electron chi connectivity index (χ3n) is 5.87. The SMILES string of the molecule is C[C](C)=[Zr]([Cl])[Cl].Cc1[cH-]c2ccccc2c1[Si](C)(C)C.Cc1[cH-]c2ccccc2c1[Si](C)(C)C. The minimum atomic E-state index is -1.84. The number of rotatable bonds is 2. The first-order valence-corrected chi connectivity index (χ1v) is 26.5. The van der Waals surface area contributed by atoms with Crippen molar-refractivity contribution in [1.29, 1.82) is 0 Å². The van der Waals surface area contributed by atoms with Crippen LogP contribution in [0.1, 0.15) is 25.0 Å². The number of halogens is 2. The van der Waals surface area contributed by atoms with Crippen molar-refractivity contribution in [1.82, 2.24) is 0 Å². The summed E-state index contributed by atoms with van der Waals surface area (Å²) in [5, 5.41) is 9.03. The van der Waals surface area contributed by atoms with E-state index in [0.717, 1.165) is 0 Å². The van der Waals surface area contributed by atoms with Crippen molar-refractivity contribution < 1.29 is 18.9 Å². The van der Waals surface area contributed by atoms with Gasteiger partial charge in [0.15, 0.2) is 0 Å². The van der Waals surface area contributed by atoms with Gasteiger partial charge in [0.1, 0.15) is 0 Å². The molecule has 0 nitrogen and oxygen atoms in total. The summed E-state index contributed by atoms with van der Waals surface area (Å²) in [6.45, 7) is 23.0. The molecular weight excluding hydrogens is 567 g/mol. The molecule has 4 aromatic rings. The molecule has 0 unspecified atom stereocenters. The summed E-state index contributed by atoms with van der Waals surface area (Å²) in [4.78, 5) is 0. The molecule has 4 aromatic carbocycles. The van der Waals surface area contributed by atoms with Crippen LogP contribution in [0.4, 0.5) is 0 Å². The van der Waals surface area contributed by atoms with Crippen LogP contribution in [-0.2, 0) is 18.9 Å². The summed E-state index contributed by atoms with van der Waals surface area (Å²) in [5.74, 6) is 0. The van der Waals surface area contributed by atoms with E-state index in [1.165, 1.54) is 35.9 Å². The second kappa shape index (κ2) is 12.1. The van der Waals surface area contributed by atoms with Gasteiger partial charge in [-0.3, -0.25) is 0 Å². The maximum Gasteiger partial charge on any atom is 0.0212 e. The minimum absolute atomic E-state index is 1.19. The average molecular weight is 607 g/mol. The molecule has 0 saturated heterocycles. The fourth-order valence-corrected chi connectivity index (χ4v) is 9.31. The Bertz CT molecular complexity index is 1170. The summed E-state index contributed by atoms with van der Waals surface area (Å²) < 4.78 is 1.24. The van der Waals surface area contributed by atoms with Gasteiger partial charge in [-0.15, -0.1) is 81.2 Å². The molecule has 0 saturated carbocycles. The molecule has 5 heteroatoms. The number of fused-ring (bicyclic) bond motifs is 2. The maximum absolute atomic E-state index is 5.54. The normalized spacial score (nSPS) is 11.5. The van der Waals surface area contributed by atoms with Crippen molar-refractivity contribution in [2.24, 2.45) is 0 Å². The maximum atomic E-state index is 5.54. The number of benzene rings is 2. The van der Waals surface area contributed by atoms with Gasteiger partial charge in [-0.25, -0.2) is 0 Å². The quantitative estimate of drug-likeness (QED) is 0.158. The number of hydrogen-bond acceptors (Lipinski definition) is 0. The first-order chi connectivity index (χ1) is 15.6. The standard InChI is InChI=1S/2C13H17Si.C3H6.2ClH.Zr/c2*1-10-9-11-7-5-6-8-12(11)13(10)14(2,3)4;1-3-2;;;/h2*5-9H,1-4H3;1-2H3;2*1H;/q2*-1;;;;+2/p-2. The Hall–Kier alpha value is -0.573. The number of hydrogen-bond donors (Lipinski definition) is 0. The monoisotopic (exact) mass is 604 g/mol. The Morgan fingerprint density at radius 2 is 0.941 bits per heavy atom. The molecule has 0 heterocycles. The molecule has 4 rings (SSSR count). The third kappa shape index (κ3) is 7.71. The van der Waals surface area contributed by atoms with E-state index < -0.39 is 35.0 Å². The first kappa shape index (κ1) is 29.7. The molecule has 0 N–H and O–H groups in total. The van der Waals surface area contributed by atoms with Crippen molar-refractivity contribution in [3.8, 4) is 0 Å². The molecule has 184 valence electrons. The second-order valence-electron chi connectivity index (χ2n) is 11.3. The van der Waals surface area contributed by atoms with Crippen molar-refractivity contribution in [3.63, 3.8) is 0 Å². The second-order valence-corrected chi connectivity index (χ2v) is 30.7. The summed E-state index contributed by atoms with van der Waals surface area (Å²) in [7, 11) is 8.70. The van der Waals surface area contributed by atoms with Crippen molar-refractivity contribution in [3.05, 3.63) is 71.8 Å². The van der Waals surface area contributed by atoms with Crippen LogP contribution in [0.5, 0.6) is 0 Å². The van der Waals surface area contributed by atoms with Gasteiger partial charge >= 0.3 is 53.0 Å². The Morgan fingerprint density at radius 3 is 1.21 bits per heavy atom. The van der Waals surface area contributed by atoms with Crippen molar-refractivity contribution >= 4 is 68.3 Å². The van der Waals surface area contributed by atoms with Crippen LogP contribution in [0.3, 0.4) is 0 Å². The minimum Gasteiger partial charge on any atom is -0.154 e. The third-order valence-corrected chi connectivity index (χ3v) is 16.5. The van der Waals surface area contributed by atoms with Gasteiger partial charge in [-0.2, -0.15) is 10.4 Å². The smallest absolute Gasteiger partial charge is 0.0212 e. The van der Waals surface area contributed by atoms with E-state index in [4.69, 9.17) is 17.0 Å². The van der Waals surface area contributed by atoms with Crippen LogP contribution in [0, 0.1) is 13.8 Å². The van der Waals surface area contributed by atoms with E-state index in [0.29, 0.717) is 0 Å². The average Bonchev–Trinajstić information content (AvgIpc) is 3.23. The first-order valence-electron chi connectivity index (χ1n) is 11.9.